The van der Waals surface area contributed by atoms with Crippen molar-refractivity contribution in [2.45, 2.75) is 69.8 Å². The number of benzene rings is 4. The van der Waals surface area contributed by atoms with Crippen molar-refractivity contribution in [3.63, 3.8) is 0 Å². The molecule has 2 N–H and O–H groups in total. The van der Waals surface area contributed by atoms with Crippen molar-refractivity contribution in [2.24, 2.45) is 5.73 Å². The van der Waals surface area contributed by atoms with Crippen LogP contribution in [0, 0.1) is 0 Å². The molecule has 1 saturated heterocycles. The summed E-state index contributed by atoms with van der Waals surface area (Å²) in [6.45, 7) is 2.73. The van der Waals surface area contributed by atoms with Crippen LogP contribution in [0.1, 0.15) is 35.1 Å². The summed E-state index contributed by atoms with van der Waals surface area (Å²) in [7, 11) is 0. The van der Waals surface area contributed by atoms with Gasteiger partial charge in [0.05, 0.1) is 39.1 Å². The van der Waals surface area contributed by atoms with Gasteiger partial charge in [0.2, 0.25) is 0 Å². The van der Waals surface area contributed by atoms with E-state index in [4.69, 9.17) is 29.4 Å². The molecule has 43 heavy (non-hydrogen) atoms. The molecule has 0 unspecified atom stereocenters. The summed E-state index contributed by atoms with van der Waals surface area (Å²) in [6.07, 6.45) is -0.191. The van der Waals surface area contributed by atoms with Gasteiger partial charge in [-0.3, -0.25) is 0 Å². The van der Waals surface area contributed by atoms with Crippen molar-refractivity contribution in [2.75, 3.05) is 13.2 Å². The third-order valence-corrected chi connectivity index (χ3v) is 7.67. The third-order valence-electron chi connectivity index (χ3n) is 7.67. The predicted octanol–water partition coefficient (Wildman–Crippen LogP) is 6.47. The fraction of sp³-hybridized carbons (Fsp3) is 0.351. The molecule has 0 radical (unpaired) electrons. The van der Waals surface area contributed by atoms with E-state index < -0.39 is 12.2 Å². The Morgan fingerprint density at radius 2 is 0.884 bits per heavy atom. The van der Waals surface area contributed by atoms with E-state index in [-0.39, 0.29) is 18.3 Å². The summed E-state index contributed by atoms with van der Waals surface area (Å²) in [5.74, 6) is 0. The maximum Gasteiger partial charge on any atom is 0.115 e. The number of nitrogens with two attached hydrogens (primary N) is 1. The molecule has 4 aromatic rings. The summed E-state index contributed by atoms with van der Waals surface area (Å²) < 4.78 is 33.2. The highest BCUT2D eigenvalue weighted by molar-refractivity contribution is 5.16. The van der Waals surface area contributed by atoms with E-state index in [0.717, 1.165) is 35.1 Å². The first kappa shape index (κ1) is 31.1. The molecule has 0 spiro atoms. The van der Waals surface area contributed by atoms with E-state index in [1.54, 1.807) is 0 Å². The van der Waals surface area contributed by atoms with Gasteiger partial charge in [0.15, 0.2) is 0 Å². The van der Waals surface area contributed by atoms with Gasteiger partial charge in [-0.25, -0.2) is 0 Å². The molecule has 1 aliphatic rings. The summed E-state index contributed by atoms with van der Waals surface area (Å²) in [6, 6.07) is 40.8. The molecule has 5 atom stereocenters. The van der Waals surface area contributed by atoms with Crippen molar-refractivity contribution in [1.82, 2.24) is 0 Å². The van der Waals surface area contributed by atoms with Crippen LogP contribution in [-0.4, -0.2) is 43.7 Å². The zero-order valence-corrected chi connectivity index (χ0v) is 24.7. The average molecular weight is 582 g/mol. The van der Waals surface area contributed by atoms with E-state index in [1.807, 2.05) is 72.8 Å². The topological polar surface area (TPSA) is 72.2 Å². The average Bonchev–Trinajstić information content (AvgIpc) is 3.07. The maximum atomic E-state index is 6.80. The Morgan fingerprint density at radius 3 is 1.33 bits per heavy atom. The highest BCUT2D eigenvalue weighted by Gasteiger charge is 2.48. The Balaban J connectivity index is 1.41. The minimum Gasteiger partial charge on any atom is -0.374 e. The number of rotatable bonds is 16. The summed E-state index contributed by atoms with van der Waals surface area (Å²) >= 11 is 0. The van der Waals surface area contributed by atoms with Crippen LogP contribution in [0.2, 0.25) is 0 Å². The van der Waals surface area contributed by atoms with Gasteiger partial charge >= 0.3 is 0 Å². The van der Waals surface area contributed by atoms with Gasteiger partial charge in [-0.05, 0) is 41.6 Å². The van der Waals surface area contributed by atoms with Crippen molar-refractivity contribution in [3.05, 3.63) is 144 Å². The molecule has 6 nitrogen and oxygen atoms in total. The second kappa shape index (κ2) is 17.1. The fourth-order valence-electron chi connectivity index (χ4n) is 5.44. The summed E-state index contributed by atoms with van der Waals surface area (Å²) in [4.78, 5) is 0. The van der Waals surface area contributed by atoms with E-state index in [0.29, 0.717) is 39.6 Å². The molecular formula is C37H43NO5. The quantitative estimate of drug-likeness (QED) is 0.164. The van der Waals surface area contributed by atoms with Gasteiger partial charge in [-0.2, -0.15) is 0 Å². The van der Waals surface area contributed by atoms with E-state index in [9.17, 15) is 0 Å². The predicted molar refractivity (Wildman–Crippen MR) is 168 cm³/mol. The number of ether oxygens (including phenoxy) is 5. The molecule has 1 aliphatic heterocycles. The van der Waals surface area contributed by atoms with Crippen LogP contribution in [0.3, 0.4) is 0 Å². The van der Waals surface area contributed by atoms with Gasteiger partial charge in [-0.15, -0.1) is 0 Å². The van der Waals surface area contributed by atoms with Crippen LogP contribution in [0.25, 0.3) is 0 Å². The van der Waals surface area contributed by atoms with Crippen molar-refractivity contribution in [1.29, 1.82) is 0 Å². The molecule has 0 amide bonds. The van der Waals surface area contributed by atoms with Crippen LogP contribution >= 0.6 is 0 Å². The highest BCUT2D eigenvalue weighted by atomic mass is 16.6. The fourth-order valence-corrected chi connectivity index (χ4v) is 5.44. The number of hydrogen-bond acceptors (Lipinski definition) is 6. The number of hydrogen-bond donors (Lipinski definition) is 1. The Bertz CT molecular complexity index is 1290. The molecule has 0 aliphatic carbocycles. The lowest BCUT2D eigenvalue weighted by molar-refractivity contribution is -0.273. The highest BCUT2D eigenvalue weighted by Crippen LogP contribution is 2.32. The normalized spacial score (nSPS) is 21.9. The zero-order chi connectivity index (χ0) is 29.5. The Morgan fingerprint density at radius 1 is 0.488 bits per heavy atom. The maximum absolute atomic E-state index is 6.80. The lowest BCUT2D eigenvalue weighted by atomic mass is 9.91. The van der Waals surface area contributed by atoms with Crippen molar-refractivity contribution < 1.29 is 23.7 Å². The molecule has 1 heterocycles. The smallest absolute Gasteiger partial charge is 0.115 e. The van der Waals surface area contributed by atoms with Gasteiger partial charge in [0.1, 0.15) is 24.4 Å². The van der Waals surface area contributed by atoms with Crippen molar-refractivity contribution in [3.8, 4) is 0 Å². The lowest BCUT2D eigenvalue weighted by Gasteiger charge is -2.46. The van der Waals surface area contributed by atoms with E-state index >= 15 is 0 Å². The van der Waals surface area contributed by atoms with Crippen LogP contribution < -0.4 is 5.73 Å². The van der Waals surface area contributed by atoms with Crippen LogP contribution in [0.5, 0.6) is 0 Å². The van der Waals surface area contributed by atoms with Crippen LogP contribution in [-0.2, 0) is 50.1 Å². The van der Waals surface area contributed by atoms with Gasteiger partial charge in [0.25, 0.3) is 0 Å². The Hall–Kier alpha value is -3.36. The van der Waals surface area contributed by atoms with Gasteiger partial charge in [0, 0.05) is 0 Å². The summed E-state index contributed by atoms with van der Waals surface area (Å²) in [5, 5.41) is 0. The van der Waals surface area contributed by atoms with E-state index in [1.165, 1.54) is 0 Å². The molecule has 4 aromatic carbocycles. The monoisotopic (exact) mass is 581 g/mol. The first-order valence-corrected chi connectivity index (χ1v) is 15.2. The molecule has 0 bridgehead atoms. The standard InChI is InChI=1S/C37H43NO5/c38-23-13-22-33-35(40-25-30-16-7-2-8-17-30)37(42-27-32-20-11-4-12-21-32)36(41-26-31-18-9-3-10-19-31)34(43-33)28-39-24-29-14-5-1-6-15-29/h1-12,14-21,33-37H,13,22-28,38H2/t33-,34+,35-,36+,37+/m0/s1. The third kappa shape index (κ3) is 9.57. The van der Waals surface area contributed by atoms with Gasteiger partial charge < -0.3 is 29.4 Å². The molecule has 0 aromatic heterocycles. The lowest BCUT2D eigenvalue weighted by Crippen LogP contribution is -2.61. The molecule has 1 fully saturated rings. The minimum absolute atomic E-state index is 0.227. The molecule has 226 valence electrons. The van der Waals surface area contributed by atoms with Crippen LogP contribution in [0.15, 0.2) is 121 Å². The molecule has 0 saturated carbocycles. The Kier molecular flexibility index (Phi) is 12.3. The second-order valence-corrected chi connectivity index (χ2v) is 10.9. The van der Waals surface area contributed by atoms with E-state index in [2.05, 4.69) is 48.5 Å². The first-order chi connectivity index (χ1) is 21.3. The SMILES string of the molecule is NCCC[C@@H]1O[C@H](COCc2ccccc2)[C@@H](OCc2ccccc2)[C@H](OCc2ccccc2)[C@H]1OCc1ccccc1. The zero-order valence-electron chi connectivity index (χ0n) is 24.7. The van der Waals surface area contributed by atoms with Gasteiger partial charge in [-0.1, -0.05) is 121 Å². The largest absolute Gasteiger partial charge is 0.374 e. The Labute approximate surface area is 255 Å². The molecule has 5 rings (SSSR count). The summed E-state index contributed by atoms with van der Waals surface area (Å²) in [5.41, 5.74) is 10.3. The molecular weight excluding hydrogens is 538 g/mol. The molecule has 6 heteroatoms. The van der Waals surface area contributed by atoms with Crippen LogP contribution in [0.4, 0.5) is 0 Å². The van der Waals surface area contributed by atoms with Crippen molar-refractivity contribution >= 4 is 0 Å². The minimum atomic E-state index is -0.422. The first-order valence-electron chi connectivity index (χ1n) is 15.2. The second-order valence-electron chi connectivity index (χ2n) is 10.9.